The maximum absolute atomic E-state index is 10.8. The topological polar surface area (TPSA) is 32.9 Å². The number of carbonyl (C=O) groups excluding carboxylic acids is 1. The molecule has 0 aromatic carbocycles. The van der Waals surface area contributed by atoms with E-state index in [9.17, 15) is 4.79 Å². The van der Waals surface area contributed by atoms with E-state index in [0.717, 1.165) is 5.56 Å². The van der Waals surface area contributed by atoms with Crippen molar-refractivity contribution >= 4 is 21.7 Å². The third-order valence-corrected chi connectivity index (χ3v) is 2.44. The molecule has 1 rings (SSSR count). The Hall–Kier alpha value is -0.570. The van der Waals surface area contributed by atoms with Gasteiger partial charge in [0.25, 0.3) is 0 Å². The van der Waals surface area contributed by atoms with E-state index in [-0.39, 0.29) is 10.6 Å². The summed E-state index contributed by atoms with van der Waals surface area (Å²) in [4.78, 5) is 13.5. The van der Waals surface area contributed by atoms with Gasteiger partial charge in [0.05, 0.1) is 4.83 Å². The molecule has 0 saturated heterocycles. The number of H-pyrrole nitrogens is 1. The first kappa shape index (κ1) is 7.54. The van der Waals surface area contributed by atoms with Crippen LogP contribution in [0.15, 0.2) is 18.5 Å². The van der Waals surface area contributed by atoms with Gasteiger partial charge < -0.3 is 4.98 Å². The summed E-state index contributed by atoms with van der Waals surface area (Å²) in [5.74, 6) is 0.125. The van der Waals surface area contributed by atoms with Crippen LogP contribution >= 0.6 is 15.9 Å². The Kier molecular flexibility index (Phi) is 2.27. The lowest BCUT2D eigenvalue weighted by molar-refractivity contribution is -0.116. The molecule has 1 aromatic rings. The van der Waals surface area contributed by atoms with Crippen LogP contribution < -0.4 is 0 Å². The molecule has 0 fully saturated rings. The molecule has 0 bridgehead atoms. The number of halogens is 1. The van der Waals surface area contributed by atoms with Crippen LogP contribution in [0.2, 0.25) is 0 Å². The lowest BCUT2D eigenvalue weighted by Gasteiger charge is -1.99. The van der Waals surface area contributed by atoms with E-state index >= 15 is 0 Å². The van der Waals surface area contributed by atoms with E-state index in [1.54, 1.807) is 19.3 Å². The zero-order chi connectivity index (χ0) is 7.56. The number of carbonyl (C=O) groups is 1. The molecule has 1 aromatic heterocycles. The monoisotopic (exact) mass is 201 g/mol. The SMILES string of the molecule is CC(=O)C(Br)c1cc[nH]c1. The Morgan fingerprint density at radius 3 is 2.90 bits per heavy atom. The molecule has 0 spiro atoms. The van der Waals surface area contributed by atoms with Crippen molar-refractivity contribution in [3.8, 4) is 0 Å². The summed E-state index contributed by atoms with van der Waals surface area (Å²) in [7, 11) is 0. The highest BCUT2D eigenvalue weighted by molar-refractivity contribution is 9.09. The molecule has 0 amide bonds. The average Bonchev–Trinajstić information content (AvgIpc) is 2.36. The summed E-state index contributed by atoms with van der Waals surface area (Å²) in [5, 5.41) is 0. The third-order valence-electron chi connectivity index (χ3n) is 1.27. The standard InChI is InChI=1S/C7H8BrNO/c1-5(10)7(8)6-2-3-9-4-6/h2-4,7,9H,1H3. The van der Waals surface area contributed by atoms with Gasteiger partial charge in [0.1, 0.15) is 5.78 Å². The Labute approximate surface area is 67.8 Å². The number of nitrogens with one attached hydrogen (secondary N) is 1. The molecule has 2 nitrogen and oxygen atoms in total. The van der Waals surface area contributed by atoms with Crippen molar-refractivity contribution in [3.05, 3.63) is 24.0 Å². The second-order valence-corrected chi connectivity index (χ2v) is 3.03. The van der Waals surface area contributed by atoms with E-state index in [1.165, 1.54) is 0 Å². The molecule has 1 heterocycles. The van der Waals surface area contributed by atoms with Gasteiger partial charge in [-0.1, -0.05) is 15.9 Å². The number of aromatic nitrogens is 1. The van der Waals surface area contributed by atoms with Gasteiger partial charge in [0, 0.05) is 12.4 Å². The second kappa shape index (κ2) is 3.01. The summed E-state index contributed by atoms with van der Waals surface area (Å²) in [6, 6.07) is 1.88. The Bertz CT molecular complexity index is 218. The molecule has 0 saturated carbocycles. The molecular formula is C7H8BrNO. The highest BCUT2D eigenvalue weighted by Gasteiger charge is 2.11. The fourth-order valence-electron chi connectivity index (χ4n) is 0.729. The van der Waals surface area contributed by atoms with Gasteiger partial charge in [-0.3, -0.25) is 4.79 Å². The second-order valence-electron chi connectivity index (χ2n) is 2.12. The first-order valence-corrected chi connectivity index (χ1v) is 3.90. The number of alkyl halides is 1. The smallest absolute Gasteiger partial charge is 0.147 e. The van der Waals surface area contributed by atoms with Gasteiger partial charge in [-0.05, 0) is 18.6 Å². The quantitative estimate of drug-likeness (QED) is 0.731. The molecule has 1 atom stereocenters. The summed E-state index contributed by atoms with van der Waals surface area (Å²) >= 11 is 3.26. The van der Waals surface area contributed by atoms with E-state index in [2.05, 4.69) is 20.9 Å². The minimum Gasteiger partial charge on any atom is -0.367 e. The van der Waals surface area contributed by atoms with Crippen LogP contribution in [0.4, 0.5) is 0 Å². The highest BCUT2D eigenvalue weighted by Crippen LogP contribution is 2.22. The number of hydrogen-bond acceptors (Lipinski definition) is 1. The van der Waals surface area contributed by atoms with Crippen LogP contribution in [0.1, 0.15) is 17.3 Å². The molecule has 3 heteroatoms. The average molecular weight is 202 g/mol. The minimum absolute atomic E-state index is 0.125. The first-order chi connectivity index (χ1) is 4.72. The fraction of sp³-hybridized carbons (Fsp3) is 0.286. The largest absolute Gasteiger partial charge is 0.367 e. The van der Waals surface area contributed by atoms with Crippen molar-refractivity contribution in [2.75, 3.05) is 0 Å². The summed E-state index contributed by atoms with van der Waals surface area (Å²) in [6.07, 6.45) is 3.60. The van der Waals surface area contributed by atoms with E-state index in [0.29, 0.717) is 0 Å². The van der Waals surface area contributed by atoms with Crippen LogP contribution in [-0.2, 0) is 4.79 Å². The van der Waals surface area contributed by atoms with Gasteiger partial charge in [-0.25, -0.2) is 0 Å². The van der Waals surface area contributed by atoms with Crippen molar-refractivity contribution < 1.29 is 4.79 Å². The number of ketones is 1. The molecular weight excluding hydrogens is 194 g/mol. The molecule has 54 valence electrons. The Morgan fingerprint density at radius 1 is 1.80 bits per heavy atom. The number of hydrogen-bond donors (Lipinski definition) is 1. The van der Waals surface area contributed by atoms with Crippen LogP contribution in [0.5, 0.6) is 0 Å². The molecule has 10 heavy (non-hydrogen) atoms. The summed E-state index contributed by atoms with van der Waals surface area (Å²) in [6.45, 7) is 1.56. The predicted octanol–water partition coefficient (Wildman–Crippen LogP) is 2.04. The molecule has 1 unspecified atom stereocenters. The first-order valence-electron chi connectivity index (χ1n) is 2.99. The van der Waals surface area contributed by atoms with Crippen molar-refractivity contribution in [3.63, 3.8) is 0 Å². The lowest BCUT2D eigenvalue weighted by atomic mass is 10.2. The van der Waals surface area contributed by atoms with Crippen LogP contribution in [0.3, 0.4) is 0 Å². The van der Waals surface area contributed by atoms with E-state index < -0.39 is 0 Å². The normalized spacial score (nSPS) is 13.0. The van der Waals surface area contributed by atoms with Crippen molar-refractivity contribution in [2.24, 2.45) is 0 Å². The van der Waals surface area contributed by atoms with Crippen molar-refractivity contribution in [2.45, 2.75) is 11.8 Å². The number of rotatable bonds is 2. The number of Topliss-reactive ketones (excluding diaryl/α,β-unsaturated/α-hetero) is 1. The Morgan fingerprint density at radius 2 is 2.50 bits per heavy atom. The van der Waals surface area contributed by atoms with E-state index in [4.69, 9.17) is 0 Å². The van der Waals surface area contributed by atoms with Crippen LogP contribution in [0.25, 0.3) is 0 Å². The van der Waals surface area contributed by atoms with Gasteiger partial charge in [-0.2, -0.15) is 0 Å². The van der Waals surface area contributed by atoms with Gasteiger partial charge in [0.15, 0.2) is 0 Å². The highest BCUT2D eigenvalue weighted by atomic mass is 79.9. The van der Waals surface area contributed by atoms with Gasteiger partial charge >= 0.3 is 0 Å². The zero-order valence-electron chi connectivity index (χ0n) is 5.60. The van der Waals surface area contributed by atoms with Crippen LogP contribution in [0, 0.1) is 0 Å². The molecule has 0 radical (unpaired) electrons. The van der Waals surface area contributed by atoms with Gasteiger partial charge in [0.2, 0.25) is 0 Å². The third kappa shape index (κ3) is 1.48. The zero-order valence-corrected chi connectivity index (χ0v) is 7.18. The summed E-state index contributed by atoms with van der Waals surface area (Å²) < 4.78 is 0. The van der Waals surface area contributed by atoms with E-state index in [1.807, 2.05) is 6.07 Å². The maximum atomic E-state index is 10.8. The van der Waals surface area contributed by atoms with Crippen molar-refractivity contribution in [1.82, 2.24) is 4.98 Å². The molecule has 0 aliphatic carbocycles. The molecule has 1 N–H and O–H groups in total. The maximum Gasteiger partial charge on any atom is 0.147 e. The van der Waals surface area contributed by atoms with Gasteiger partial charge in [-0.15, -0.1) is 0 Å². The molecule has 0 aliphatic rings. The minimum atomic E-state index is -0.154. The fourth-order valence-corrected chi connectivity index (χ4v) is 1.01. The number of aromatic amines is 1. The molecule has 0 aliphatic heterocycles. The lowest BCUT2D eigenvalue weighted by Crippen LogP contribution is -1.98. The van der Waals surface area contributed by atoms with Crippen LogP contribution in [-0.4, -0.2) is 10.8 Å². The predicted molar refractivity (Wildman–Crippen MR) is 43.1 cm³/mol. The Balaban J connectivity index is 2.77. The van der Waals surface area contributed by atoms with Crippen molar-refractivity contribution in [1.29, 1.82) is 0 Å². The summed E-state index contributed by atoms with van der Waals surface area (Å²) in [5.41, 5.74) is 0.979.